The van der Waals surface area contributed by atoms with E-state index >= 15 is 0 Å². The maximum Gasteiger partial charge on any atom is 0.338 e. The van der Waals surface area contributed by atoms with Gasteiger partial charge in [-0.15, -0.1) is 0 Å². The average Bonchev–Trinajstić information content (AvgIpc) is 2.46. The van der Waals surface area contributed by atoms with Gasteiger partial charge < -0.3 is 15.2 Å². The van der Waals surface area contributed by atoms with E-state index in [1.807, 2.05) is 6.92 Å². The number of esters is 1. The number of benzene rings is 1. The first-order valence-electron chi connectivity index (χ1n) is 7.81. The van der Waals surface area contributed by atoms with E-state index in [-0.39, 0.29) is 12.1 Å². The van der Waals surface area contributed by atoms with Crippen LogP contribution in [-0.4, -0.2) is 18.7 Å². The van der Waals surface area contributed by atoms with E-state index in [2.05, 4.69) is 6.92 Å². The minimum Gasteiger partial charge on any atom is -0.489 e. The summed E-state index contributed by atoms with van der Waals surface area (Å²) in [5.74, 6) is 0.273. The molecule has 2 N–H and O–H groups in total. The van der Waals surface area contributed by atoms with E-state index in [9.17, 15) is 4.79 Å². The highest BCUT2D eigenvalue weighted by molar-refractivity contribution is 5.91. The van der Waals surface area contributed by atoms with Crippen molar-refractivity contribution in [3.05, 3.63) is 23.8 Å². The SMILES string of the molecule is CCCCCCC(C)Oc1ccc(C(=O)OCC)cc1N. The van der Waals surface area contributed by atoms with Gasteiger partial charge in [0.05, 0.1) is 24.0 Å². The van der Waals surface area contributed by atoms with E-state index in [0.29, 0.717) is 23.6 Å². The molecule has 118 valence electrons. The van der Waals surface area contributed by atoms with Crippen LogP contribution >= 0.6 is 0 Å². The van der Waals surface area contributed by atoms with Gasteiger partial charge in [-0.1, -0.05) is 26.2 Å². The molecule has 1 unspecified atom stereocenters. The van der Waals surface area contributed by atoms with Crippen LogP contribution in [0.15, 0.2) is 18.2 Å². The van der Waals surface area contributed by atoms with Crippen molar-refractivity contribution in [1.29, 1.82) is 0 Å². The van der Waals surface area contributed by atoms with Crippen LogP contribution in [0.25, 0.3) is 0 Å². The van der Waals surface area contributed by atoms with E-state index in [1.165, 1.54) is 19.3 Å². The predicted molar refractivity (Wildman–Crippen MR) is 85.7 cm³/mol. The highest BCUT2D eigenvalue weighted by Crippen LogP contribution is 2.25. The number of nitrogen functional groups attached to an aromatic ring is 1. The summed E-state index contributed by atoms with van der Waals surface area (Å²) in [4.78, 5) is 11.6. The molecule has 0 fully saturated rings. The number of rotatable bonds is 9. The fourth-order valence-corrected chi connectivity index (χ4v) is 2.13. The molecule has 0 aliphatic carbocycles. The van der Waals surface area contributed by atoms with Crippen molar-refractivity contribution in [3.8, 4) is 5.75 Å². The third-order valence-electron chi connectivity index (χ3n) is 3.31. The highest BCUT2D eigenvalue weighted by Gasteiger charge is 2.11. The lowest BCUT2D eigenvalue weighted by molar-refractivity contribution is 0.0526. The molecule has 0 amide bonds. The Hall–Kier alpha value is -1.71. The van der Waals surface area contributed by atoms with Crippen molar-refractivity contribution < 1.29 is 14.3 Å². The standard InChI is InChI=1S/C17H27NO3/c1-4-6-7-8-9-13(3)21-16-11-10-14(12-15(16)18)17(19)20-5-2/h10-13H,4-9,18H2,1-3H3. The third-order valence-corrected chi connectivity index (χ3v) is 3.31. The summed E-state index contributed by atoms with van der Waals surface area (Å²) in [7, 11) is 0. The Kier molecular flexibility index (Phi) is 7.65. The molecule has 0 saturated carbocycles. The normalized spacial score (nSPS) is 12.0. The number of ether oxygens (including phenoxy) is 2. The van der Waals surface area contributed by atoms with Crippen LogP contribution < -0.4 is 10.5 Å². The zero-order valence-electron chi connectivity index (χ0n) is 13.4. The molecule has 0 heterocycles. The molecule has 1 aromatic carbocycles. The molecule has 1 aromatic rings. The summed E-state index contributed by atoms with van der Waals surface area (Å²) in [6.07, 6.45) is 6.04. The van der Waals surface area contributed by atoms with Gasteiger partial charge in [0.15, 0.2) is 0 Å². The van der Waals surface area contributed by atoms with Crippen molar-refractivity contribution in [2.45, 2.75) is 59.0 Å². The fourth-order valence-electron chi connectivity index (χ4n) is 2.13. The molecule has 0 bridgehead atoms. The average molecular weight is 293 g/mol. The summed E-state index contributed by atoms with van der Waals surface area (Å²) < 4.78 is 10.8. The molecule has 0 radical (unpaired) electrons. The molecule has 0 aliphatic rings. The van der Waals surface area contributed by atoms with Gasteiger partial charge in [0, 0.05) is 0 Å². The van der Waals surface area contributed by atoms with Gasteiger partial charge in [-0.3, -0.25) is 0 Å². The summed E-state index contributed by atoms with van der Waals surface area (Å²) >= 11 is 0. The Morgan fingerprint density at radius 2 is 2.00 bits per heavy atom. The summed E-state index contributed by atoms with van der Waals surface area (Å²) in [6.45, 7) is 6.38. The van der Waals surface area contributed by atoms with Gasteiger partial charge in [-0.2, -0.15) is 0 Å². The number of nitrogens with two attached hydrogens (primary N) is 1. The molecular formula is C17H27NO3. The van der Waals surface area contributed by atoms with Crippen molar-refractivity contribution in [2.24, 2.45) is 0 Å². The van der Waals surface area contributed by atoms with Gasteiger partial charge in [0.1, 0.15) is 5.75 Å². The third kappa shape index (κ3) is 6.06. The topological polar surface area (TPSA) is 61.5 Å². The second-order valence-electron chi connectivity index (χ2n) is 5.25. The smallest absolute Gasteiger partial charge is 0.338 e. The van der Waals surface area contributed by atoms with Crippen LogP contribution in [0, 0.1) is 0 Å². The van der Waals surface area contributed by atoms with Gasteiger partial charge >= 0.3 is 5.97 Å². The molecule has 1 rings (SSSR count). The number of hydrogen-bond acceptors (Lipinski definition) is 4. The Bertz CT molecular complexity index is 446. The summed E-state index contributed by atoms with van der Waals surface area (Å²) in [6, 6.07) is 5.04. The van der Waals surface area contributed by atoms with E-state index in [4.69, 9.17) is 15.2 Å². The molecule has 0 spiro atoms. The summed E-state index contributed by atoms with van der Waals surface area (Å²) in [5.41, 5.74) is 6.88. The zero-order valence-corrected chi connectivity index (χ0v) is 13.4. The first-order valence-corrected chi connectivity index (χ1v) is 7.81. The maximum atomic E-state index is 11.6. The van der Waals surface area contributed by atoms with Crippen molar-refractivity contribution in [2.75, 3.05) is 12.3 Å². The second-order valence-corrected chi connectivity index (χ2v) is 5.25. The van der Waals surface area contributed by atoms with Gasteiger partial charge in [-0.05, 0) is 44.9 Å². The molecule has 0 saturated heterocycles. The quantitative estimate of drug-likeness (QED) is 0.421. The Morgan fingerprint density at radius 3 is 2.62 bits per heavy atom. The first-order chi connectivity index (χ1) is 10.1. The lowest BCUT2D eigenvalue weighted by atomic mass is 10.1. The number of carbonyl (C=O) groups is 1. The highest BCUT2D eigenvalue weighted by atomic mass is 16.5. The molecule has 21 heavy (non-hydrogen) atoms. The van der Waals surface area contributed by atoms with Crippen LogP contribution in [0.3, 0.4) is 0 Å². The molecular weight excluding hydrogens is 266 g/mol. The van der Waals surface area contributed by atoms with E-state index < -0.39 is 0 Å². The molecule has 0 aromatic heterocycles. The minimum atomic E-state index is -0.358. The second kappa shape index (κ2) is 9.27. The van der Waals surface area contributed by atoms with Gasteiger partial charge in [0.2, 0.25) is 0 Å². The predicted octanol–water partition coefficient (Wildman–Crippen LogP) is 4.18. The van der Waals surface area contributed by atoms with Crippen LogP contribution in [0.1, 0.15) is 63.2 Å². The van der Waals surface area contributed by atoms with Crippen LogP contribution in [0.5, 0.6) is 5.75 Å². The lowest BCUT2D eigenvalue weighted by Crippen LogP contribution is -2.13. The minimum absolute atomic E-state index is 0.123. The number of hydrogen-bond donors (Lipinski definition) is 1. The van der Waals surface area contributed by atoms with Gasteiger partial charge in [-0.25, -0.2) is 4.79 Å². The molecule has 0 aliphatic heterocycles. The first kappa shape index (κ1) is 17.3. The number of carbonyl (C=O) groups excluding carboxylic acids is 1. The van der Waals surface area contributed by atoms with Crippen molar-refractivity contribution in [3.63, 3.8) is 0 Å². The Labute approximate surface area is 127 Å². The Morgan fingerprint density at radius 1 is 1.24 bits per heavy atom. The van der Waals surface area contributed by atoms with Crippen LogP contribution in [0.4, 0.5) is 5.69 Å². The monoisotopic (exact) mass is 293 g/mol. The number of unbranched alkanes of at least 4 members (excludes halogenated alkanes) is 3. The molecule has 1 atom stereocenters. The molecule has 4 nitrogen and oxygen atoms in total. The zero-order chi connectivity index (χ0) is 15.7. The summed E-state index contributed by atoms with van der Waals surface area (Å²) in [5, 5.41) is 0. The van der Waals surface area contributed by atoms with Gasteiger partial charge in [0.25, 0.3) is 0 Å². The van der Waals surface area contributed by atoms with E-state index in [0.717, 1.165) is 12.8 Å². The largest absolute Gasteiger partial charge is 0.489 e. The van der Waals surface area contributed by atoms with Crippen LogP contribution in [0.2, 0.25) is 0 Å². The molecule has 4 heteroatoms. The number of anilines is 1. The Balaban J connectivity index is 2.54. The van der Waals surface area contributed by atoms with Crippen LogP contribution in [-0.2, 0) is 4.74 Å². The fraction of sp³-hybridized carbons (Fsp3) is 0.588. The lowest BCUT2D eigenvalue weighted by Gasteiger charge is -2.16. The van der Waals surface area contributed by atoms with Crippen molar-refractivity contribution >= 4 is 11.7 Å². The van der Waals surface area contributed by atoms with E-state index in [1.54, 1.807) is 25.1 Å². The van der Waals surface area contributed by atoms with Crippen molar-refractivity contribution in [1.82, 2.24) is 0 Å². The maximum absolute atomic E-state index is 11.6.